The molecule has 0 atom stereocenters. The lowest BCUT2D eigenvalue weighted by atomic mass is 10.1. The number of alkyl halides is 3. The lowest BCUT2D eigenvalue weighted by Gasteiger charge is -2.07. The molecule has 0 fully saturated rings. The largest absolute Gasteiger partial charge is 0.436 e. The Morgan fingerprint density at radius 2 is 2.06 bits per heavy atom. The highest BCUT2D eigenvalue weighted by Gasteiger charge is 2.35. The smallest absolute Gasteiger partial charge is 0.370 e. The summed E-state index contributed by atoms with van der Waals surface area (Å²) in [7, 11) is 0. The summed E-state index contributed by atoms with van der Waals surface area (Å²) in [5, 5.41) is 0. The van der Waals surface area contributed by atoms with Crippen LogP contribution in [-0.4, -0.2) is 10.9 Å². The van der Waals surface area contributed by atoms with E-state index in [4.69, 9.17) is 5.73 Å². The summed E-state index contributed by atoms with van der Waals surface area (Å²) in [6.45, 7) is 0. The Hall–Kier alpha value is -1.66. The molecule has 0 aliphatic carbocycles. The average molecular weight is 236 g/mol. The van der Waals surface area contributed by atoms with E-state index in [1.165, 1.54) is 0 Å². The van der Waals surface area contributed by atoms with E-state index in [0.717, 1.165) is 6.20 Å². The highest BCUT2D eigenvalue weighted by atomic mass is 19.4. The lowest BCUT2D eigenvalue weighted by Crippen LogP contribution is -2.13. The molecule has 16 heavy (non-hydrogen) atoms. The molecule has 3 nitrogen and oxygen atoms in total. The molecule has 0 aliphatic heterocycles. The first kappa shape index (κ1) is 12.4. The number of nitrogens with two attached hydrogens (primary N) is 1. The van der Waals surface area contributed by atoms with Crippen molar-refractivity contribution in [3.63, 3.8) is 0 Å². The Morgan fingerprint density at radius 3 is 2.50 bits per heavy atom. The van der Waals surface area contributed by atoms with E-state index in [2.05, 4.69) is 4.98 Å². The Bertz CT molecular complexity index is 403. The molecule has 0 aromatic carbocycles. The molecule has 88 valence electrons. The monoisotopic (exact) mass is 236 g/mol. The number of rotatable bonds is 3. The number of primary amides is 1. The normalized spacial score (nSPS) is 11.5. The van der Waals surface area contributed by atoms with E-state index in [0.29, 0.717) is 6.07 Å². The molecule has 0 saturated heterocycles. The van der Waals surface area contributed by atoms with Crippen LogP contribution < -0.4 is 5.73 Å². The van der Waals surface area contributed by atoms with Crippen molar-refractivity contribution in [1.82, 2.24) is 4.98 Å². The number of hydrogen-bond donors (Lipinski definition) is 1. The summed E-state index contributed by atoms with van der Waals surface area (Å²) in [4.78, 5) is 13.4. The van der Waals surface area contributed by atoms with Gasteiger partial charge in [0, 0.05) is 12.6 Å². The molecule has 7 heteroatoms. The SMILES string of the molecule is NC(=O)CCc1cnc(C(F)(F)F)c(F)c1. The number of aryl methyl sites for hydroxylation is 1. The second kappa shape index (κ2) is 4.46. The molecule has 1 rings (SSSR count). The van der Waals surface area contributed by atoms with E-state index in [-0.39, 0.29) is 18.4 Å². The maximum absolute atomic E-state index is 13.0. The van der Waals surface area contributed by atoms with Crippen LogP contribution in [0.5, 0.6) is 0 Å². The van der Waals surface area contributed by atoms with E-state index in [1.54, 1.807) is 0 Å². The zero-order chi connectivity index (χ0) is 12.3. The van der Waals surface area contributed by atoms with Gasteiger partial charge in [-0.05, 0) is 18.1 Å². The van der Waals surface area contributed by atoms with Gasteiger partial charge in [0.15, 0.2) is 11.5 Å². The topological polar surface area (TPSA) is 56.0 Å². The van der Waals surface area contributed by atoms with Gasteiger partial charge in [0.1, 0.15) is 0 Å². The van der Waals surface area contributed by atoms with Gasteiger partial charge in [0.25, 0.3) is 0 Å². The molecule has 0 radical (unpaired) electrons. The third-order valence-corrected chi connectivity index (χ3v) is 1.83. The minimum Gasteiger partial charge on any atom is -0.370 e. The van der Waals surface area contributed by atoms with Crippen molar-refractivity contribution in [1.29, 1.82) is 0 Å². The first-order valence-electron chi connectivity index (χ1n) is 4.30. The van der Waals surface area contributed by atoms with Gasteiger partial charge >= 0.3 is 6.18 Å². The van der Waals surface area contributed by atoms with Crippen LogP contribution in [0.2, 0.25) is 0 Å². The van der Waals surface area contributed by atoms with Crippen LogP contribution >= 0.6 is 0 Å². The fourth-order valence-electron chi connectivity index (χ4n) is 1.09. The maximum atomic E-state index is 13.0. The fraction of sp³-hybridized carbons (Fsp3) is 0.333. The predicted molar refractivity (Wildman–Crippen MR) is 46.7 cm³/mol. The van der Waals surface area contributed by atoms with Gasteiger partial charge in [-0.3, -0.25) is 4.79 Å². The molecule has 0 saturated carbocycles. The van der Waals surface area contributed by atoms with Gasteiger partial charge in [-0.1, -0.05) is 0 Å². The van der Waals surface area contributed by atoms with Crippen molar-refractivity contribution in [2.24, 2.45) is 5.73 Å². The maximum Gasteiger partial charge on any atom is 0.436 e. The summed E-state index contributed by atoms with van der Waals surface area (Å²) >= 11 is 0. The zero-order valence-electron chi connectivity index (χ0n) is 8.01. The van der Waals surface area contributed by atoms with E-state index in [9.17, 15) is 22.4 Å². The van der Waals surface area contributed by atoms with Gasteiger partial charge in [-0.15, -0.1) is 0 Å². The predicted octanol–water partition coefficient (Wildman–Crippen LogP) is 1.66. The Balaban J connectivity index is 2.87. The first-order valence-corrected chi connectivity index (χ1v) is 4.30. The highest BCUT2D eigenvalue weighted by molar-refractivity contribution is 5.73. The Morgan fingerprint density at radius 1 is 1.44 bits per heavy atom. The number of carbonyl (C=O) groups excluding carboxylic acids is 1. The van der Waals surface area contributed by atoms with Crippen LogP contribution in [0.25, 0.3) is 0 Å². The molecule has 1 amide bonds. The Labute approximate surface area is 88.3 Å². The molecule has 1 aromatic rings. The summed E-state index contributed by atoms with van der Waals surface area (Å²) in [6.07, 6.45) is -3.93. The van der Waals surface area contributed by atoms with Crippen LogP contribution in [0.15, 0.2) is 12.3 Å². The second-order valence-corrected chi connectivity index (χ2v) is 3.14. The van der Waals surface area contributed by atoms with Crippen LogP contribution in [0.1, 0.15) is 17.7 Å². The van der Waals surface area contributed by atoms with E-state index in [1.807, 2.05) is 0 Å². The fourth-order valence-corrected chi connectivity index (χ4v) is 1.09. The van der Waals surface area contributed by atoms with Gasteiger partial charge < -0.3 is 5.73 Å². The van der Waals surface area contributed by atoms with Crippen LogP contribution in [0.4, 0.5) is 17.6 Å². The third-order valence-electron chi connectivity index (χ3n) is 1.83. The highest BCUT2D eigenvalue weighted by Crippen LogP contribution is 2.29. The van der Waals surface area contributed by atoms with Gasteiger partial charge in [0.2, 0.25) is 5.91 Å². The molecule has 1 heterocycles. The second-order valence-electron chi connectivity index (χ2n) is 3.14. The standard InChI is InChI=1S/C9H8F4N2O/c10-6-3-5(1-2-7(14)16)4-15-8(6)9(11,12)13/h3-4H,1-2H2,(H2,14,16). The van der Waals surface area contributed by atoms with Crippen molar-refractivity contribution in [2.45, 2.75) is 19.0 Å². The molecule has 0 bridgehead atoms. The van der Waals surface area contributed by atoms with Crippen molar-refractivity contribution < 1.29 is 22.4 Å². The Kier molecular flexibility index (Phi) is 3.46. The van der Waals surface area contributed by atoms with E-state index < -0.39 is 23.6 Å². The molecular formula is C9H8F4N2O. The van der Waals surface area contributed by atoms with Gasteiger partial charge in [0.05, 0.1) is 0 Å². The summed E-state index contributed by atoms with van der Waals surface area (Å²) in [5.74, 6) is -2.06. The minimum atomic E-state index is -4.81. The van der Waals surface area contributed by atoms with Crippen molar-refractivity contribution >= 4 is 5.91 Å². The third kappa shape index (κ3) is 3.18. The number of carbonyl (C=O) groups is 1. The van der Waals surface area contributed by atoms with Crippen LogP contribution in [0.3, 0.4) is 0 Å². The summed E-state index contributed by atoms with van der Waals surface area (Å²) in [6, 6.07) is 0.707. The summed E-state index contributed by atoms with van der Waals surface area (Å²) < 4.78 is 49.3. The molecule has 0 aliphatic rings. The van der Waals surface area contributed by atoms with Crippen LogP contribution in [-0.2, 0) is 17.4 Å². The number of pyridine rings is 1. The summed E-state index contributed by atoms with van der Waals surface area (Å²) in [5.41, 5.74) is 3.48. The number of amides is 1. The number of halogens is 4. The quantitative estimate of drug-likeness (QED) is 0.811. The van der Waals surface area contributed by atoms with Crippen molar-refractivity contribution in [2.75, 3.05) is 0 Å². The number of hydrogen-bond acceptors (Lipinski definition) is 2. The van der Waals surface area contributed by atoms with Crippen molar-refractivity contribution in [3.8, 4) is 0 Å². The van der Waals surface area contributed by atoms with Crippen LogP contribution in [0, 0.1) is 5.82 Å². The molecule has 1 aromatic heterocycles. The molecular weight excluding hydrogens is 228 g/mol. The number of nitrogens with zero attached hydrogens (tertiary/aromatic N) is 1. The number of aromatic nitrogens is 1. The molecule has 0 spiro atoms. The van der Waals surface area contributed by atoms with Gasteiger partial charge in [-0.2, -0.15) is 13.2 Å². The first-order chi connectivity index (χ1) is 7.30. The average Bonchev–Trinajstić information content (AvgIpc) is 2.12. The molecule has 0 unspecified atom stereocenters. The minimum absolute atomic E-state index is 0.0630. The van der Waals surface area contributed by atoms with E-state index >= 15 is 0 Å². The zero-order valence-corrected chi connectivity index (χ0v) is 8.01. The lowest BCUT2D eigenvalue weighted by molar-refractivity contribution is -0.143. The molecule has 2 N–H and O–H groups in total. The van der Waals surface area contributed by atoms with Crippen molar-refractivity contribution in [3.05, 3.63) is 29.3 Å². The van der Waals surface area contributed by atoms with Gasteiger partial charge in [-0.25, -0.2) is 9.37 Å².